The Labute approximate surface area is 129 Å². The van der Waals surface area contributed by atoms with E-state index in [1.54, 1.807) is 6.07 Å². The number of nitrogens with zero attached hydrogens (tertiary/aromatic N) is 1. The summed E-state index contributed by atoms with van der Waals surface area (Å²) in [6.45, 7) is 2.89. The zero-order valence-electron chi connectivity index (χ0n) is 12.6. The summed E-state index contributed by atoms with van der Waals surface area (Å²) in [6.07, 6.45) is 0.821. The lowest BCUT2D eigenvalue weighted by Gasteiger charge is -2.21. The number of nitrogens with two attached hydrogens (primary N) is 1. The molecule has 1 amide bonds. The van der Waals surface area contributed by atoms with Crippen molar-refractivity contribution in [3.05, 3.63) is 53.8 Å². The van der Waals surface area contributed by atoms with E-state index in [0.717, 1.165) is 28.8 Å². The molecule has 114 valence electrons. The molecule has 2 aromatic rings. The number of hydrogen-bond acceptors (Lipinski definition) is 2. The summed E-state index contributed by atoms with van der Waals surface area (Å²) < 4.78 is 13.4. The molecule has 0 saturated carbocycles. The summed E-state index contributed by atoms with van der Waals surface area (Å²) in [5.74, 6) is -0.347. The van der Waals surface area contributed by atoms with Crippen molar-refractivity contribution in [2.75, 3.05) is 18.0 Å². The fraction of sp³-hybridized carbons (Fsp3) is 0.278. The van der Waals surface area contributed by atoms with Crippen LogP contribution in [0.4, 0.5) is 10.1 Å². The molecule has 0 spiro atoms. The van der Waals surface area contributed by atoms with Crippen LogP contribution < -0.4 is 10.6 Å². The molecule has 3 nitrogen and oxygen atoms in total. The van der Waals surface area contributed by atoms with Gasteiger partial charge < -0.3 is 10.6 Å². The Morgan fingerprint density at radius 2 is 2.05 bits per heavy atom. The predicted molar refractivity (Wildman–Crippen MR) is 86.1 cm³/mol. The van der Waals surface area contributed by atoms with Crippen LogP contribution in [0, 0.1) is 11.7 Å². The van der Waals surface area contributed by atoms with E-state index in [9.17, 15) is 9.18 Å². The third-order valence-corrected chi connectivity index (χ3v) is 4.17. The number of rotatable bonds is 3. The summed E-state index contributed by atoms with van der Waals surface area (Å²) in [5, 5.41) is 0. The molecule has 22 heavy (non-hydrogen) atoms. The number of anilines is 1. The van der Waals surface area contributed by atoms with E-state index in [1.807, 2.05) is 36.1 Å². The summed E-state index contributed by atoms with van der Waals surface area (Å²) >= 11 is 0. The van der Waals surface area contributed by atoms with Crippen LogP contribution in [-0.2, 0) is 11.2 Å². The third kappa shape index (κ3) is 2.62. The first kappa shape index (κ1) is 14.7. The van der Waals surface area contributed by atoms with Crippen molar-refractivity contribution < 1.29 is 9.18 Å². The molecule has 1 unspecified atom stereocenters. The zero-order valence-corrected chi connectivity index (χ0v) is 12.6. The minimum absolute atomic E-state index is 0.0692. The maximum atomic E-state index is 13.4. The average Bonchev–Trinajstić information content (AvgIpc) is 2.96. The van der Waals surface area contributed by atoms with Gasteiger partial charge in [-0.2, -0.15) is 0 Å². The molecule has 0 aromatic heterocycles. The van der Waals surface area contributed by atoms with Crippen LogP contribution in [0.2, 0.25) is 0 Å². The summed E-state index contributed by atoms with van der Waals surface area (Å²) in [4.78, 5) is 14.1. The third-order valence-electron chi connectivity index (χ3n) is 4.17. The maximum Gasteiger partial charge on any atom is 0.231 e. The highest BCUT2D eigenvalue weighted by Crippen LogP contribution is 2.33. The SMILES string of the molecule is CC(CN)C(=O)N1CCc2cc(-c3cccc(F)c3)ccc21. The van der Waals surface area contributed by atoms with Gasteiger partial charge in [-0.15, -0.1) is 0 Å². The molecule has 1 aliphatic rings. The minimum atomic E-state index is -0.244. The average molecular weight is 298 g/mol. The minimum Gasteiger partial charge on any atom is -0.330 e. The Morgan fingerprint density at radius 3 is 2.77 bits per heavy atom. The lowest BCUT2D eigenvalue weighted by Crippen LogP contribution is -2.36. The predicted octanol–water partition coefficient (Wildman–Crippen LogP) is 2.98. The number of carbonyl (C=O) groups excluding carboxylic acids is 1. The van der Waals surface area contributed by atoms with Gasteiger partial charge in [0.2, 0.25) is 5.91 Å². The molecule has 1 heterocycles. The Hall–Kier alpha value is -2.20. The van der Waals surface area contributed by atoms with Gasteiger partial charge in [0.25, 0.3) is 0 Å². The van der Waals surface area contributed by atoms with E-state index in [2.05, 4.69) is 0 Å². The second-order valence-electron chi connectivity index (χ2n) is 5.73. The molecule has 1 aliphatic heterocycles. The van der Waals surface area contributed by atoms with E-state index >= 15 is 0 Å². The maximum absolute atomic E-state index is 13.4. The summed E-state index contributed by atoms with van der Waals surface area (Å²) in [7, 11) is 0. The zero-order chi connectivity index (χ0) is 15.7. The highest BCUT2D eigenvalue weighted by Gasteiger charge is 2.27. The molecule has 0 fully saturated rings. The van der Waals surface area contributed by atoms with Gasteiger partial charge in [-0.25, -0.2) is 4.39 Å². The number of hydrogen-bond donors (Lipinski definition) is 1. The van der Waals surface area contributed by atoms with E-state index in [1.165, 1.54) is 12.1 Å². The fourth-order valence-corrected chi connectivity index (χ4v) is 2.85. The lowest BCUT2D eigenvalue weighted by molar-refractivity contribution is -0.121. The van der Waals surface area contributed by atoms with Crippen LogP contribution in [-0.4, -0.2) is 19.0 Å². The van der Waals surface area contributed by atoms with Crippen molar-refractivity contribution in [1.29, 1.82) is 0 Å². The summed E-state index contributed by atoms with van der Waals surface area (Å²) in [5.41, 5.74) is 9.49. The number of halogens is 1. The molecule has 0 bridgehead atoms. The molecule has 4 heteroatoms. The van der Waals surface area contributed by atoms with E-state index < -0.39 is 0 Å². The van der Waals surface area contributed by atoms with Crippen molar-refractivity contribution >= 4 is 11.6 Å². The molecule has 0 saturated heterocycles. The normalized spacial score (nSPS) is 14.8. The summed E-state index contributed by atoms with van der Waals surface area (Å²) in [6, 6.07) is 12.5. The first-order chi connectivity index (χ1) is 10.6. The second kappa shape index (κ2) is 5.89. The largest absolute Gasteiger partial charge is 0.330 e. The van der Waals surface area contributed by atoms with Gasteiger partial charge in [0.1, 0.15) is 5.82 Å². The lowest BCUT2D eigenvalue weighted by atomic mass is 10.0. The van der Waals surface area contributed by atoms with E-state index in [4.69, 9.17) is 5.73 Å². The van der Waals surface area contributed by atoms with E-state index in [0.29, 0.717) is 13.1 Å². The van der Waals surface area contributed by atoms with Gasteiger partial charge in [-0.05, 0) is 47.4 Å². The monoisotopic (exact) mass is 298 g/mol. The van der Waals surface area contributed by atoms with Crippen LogP contribution in [0.25, 0.3) is 11.1 Å². The van der Waals surface area contributed by atoms with Crippen LogP contribution in [0.15, 0.2) is 42.5 Å². The smallest absolute Gasteiger partial charge is 0.231 e. The molecule has 0 aliphatic carbocycles. The molecule has 1 atom stereocenters. The molecule has 0 radical (unpaired) electrons. The van der Waals surface area contributed by atoms with E-state index in [-0.39, 0.29) is 17.6 Å². The van der Waals surface area contributed by atoms with Gasteiger partial charge in [0.15, 0.2) is 0 Å². The Balaban J connectivity index is 1.92. The molecule has 2 aromatic carbocycles. The van der Waals surface area contributed by atoms with Crippen molar-refractivity contribution in [3.63, 3.8) is 0 Å². The van der Waals surface area contributed by atoms with Crippen LogP contribution in [0.5, 0.6) is 0 Å². The fourth-order valence-electron chi connectivity index (χ4n) is 2.85. The van der Waals surface area contributed by atoms with Crippen molar-refractivity contribution in [2.45, 2.75) is 13.3 Å². The topological polar surface area (TPSA) is 46.3 Å². The second-order valence-corrected chi connectivity index (χ2v) is 5.73. The highest BCUT2D eigenvalue weighted by molar-refractivity contribution is 5.97. The van der Waals surface area contributed by atoms with Crippen LogP contribution >= 0.6 is 0 Å². The molecule has 3 rings (SSSR count). The van der Waals surface area contributed by atoms with Crippen molar-refractivity contribution in [2.24, 2.45) is 11.7 Å². The standard InChI is InChI=1S/C18H19FN2O/c1-12(11-20)18(22)21-8-7-15-9-14(5-6-17(15)21)13-3-2-4-16(19)10-13/h2-6,9-10,12H,7-8,11,20H2,1H3. The Bertz CT molecular complexity index is 714. The number of benzene rings is 2. The van der Waals surface area contributed by atoms with Gasteiger partial charge in [0.05, 0.1) is 0 Å². The highest BCUT2D eigenvalue weighted by atomic mass is 19.1. The molecular formula is C18H19FN2O. The number of fused-ring (bicyclic) bond motifs is 1. The number of carbonyl (C=O) groups is 1. The van der Waals surface area contributed by atoms with Crippen LogP contribution in [0.1, 0.15) is 12.5 Å². The number of amides is 1. The molecular weight excluding hydrogens is 279 g/mol. The van der Waals surface area contributed by atoms with Gasteiger partial charge in [-0.3, -0.25) is 4.79 Å². The van der Waals surface area contributed by atoms with Crippen molar-refractivity contribution in [1.82, 2.24) is 0 Å². The Morgan fingerprint density at radius 1 is 1.27 bits per heavy atom. The first-order valence-corrected chi connectivity index (χ1v) is 7.50. The molecule has 2 N–H and O–H groups in total. The van der Waals surface area contributed by atoms with Gasteiger partial charge in [0, 0.05) is 24.7 Å². The van der Waals surface area contributed by atoms with Crippen molar-refractivity contribution in [3.8, 4) is 11.1 Å². The van der Waals surface area contributed by atoms with Gasteiger partial charge >= 0.3 is 0 Å². The van der Waals surface area contributed by atoms with Gasteiger partial charge in [-0.1, -0.05) is 25.1 Å². The first-order valence-electron chi connectivity index (χ1n) is 7.50. The van der Waals surface area contributed by atoms with Crippen LogP contribution in [0.3, 0.4) is 0 Å². The quantitative estimate of drug-likeness (QED) is 0.947. The Kier molecular flexibility index (Phi) is 3.94.